The van der Waals surface area contributed by atoms with Crippen molar-refractivity contribution in [3.8, 4) is 0 Å². The number of hydrogen-bond acceptors (Lipinski definition) is 4. The predicted octanol–water partition coefficient (Wildman–Crippen LogP) is 3.48. The molecule has 0 aliphatic rings. The highest BCUT2D eigenvalue weighted by Crippen LogP contribution is 2.16. The minimum atomic E-state index is -0.153. The summed E-state index contributed by atoms with van der Waals surface area (Å²) < 4.78 is 5.39. The Morgan fingerprint density at radius 2 is 1.88 bits per heavy atom. The molecule has 6 nitrogen and oxygen atoms in total. The maximum absolute atomic E-state index is 13.0. The van der Waals surface area contributed by atoms with E-state index in [9.17, 15) is 9.59 Å². The molecule has 0 atom stereocenters. The molecule has 3 aromatic rings. The van der Waals surface area contributed by atoms with Crippen molar-refractivity contribution < 1.29 is 14.0 Å². The maximum atomic E-state index is 13.0. The summed E-state index contributed by atoms with van der Waals surface area (Å²) in [5.74, 6) is 0.428. The quantitative estimate of drug-likeness (QED) is 0.739. The van der Waals surface area contributed by atoms with E-state index in [-0.39, 0.29) is 11.8 Å². The van der Waals surface area contributed by atoms with Crippen molar-refractivity contribution in [2.45, 2.75) is 20.0 Å². The third kappa shape index (κ3) is 4.57. The summed E-state index contributed by atoms with van der Waals surface area (Å²) in [5, 5.41) is 2.69. The Labute approximate surface area is 151 Å². The number of rotatable bonds is 6. The van der Waals surface area contributed by atoms with Gasteiger partial charge >= 0.3 is 0 Å². The van der Waals surface area contributed by atoms with E-state index < -0.39 is 0 Å². The first-order chi connectivity index (χ1) is 12.6. The lowest BCUT2D eigenvalue weighted by atomic mass is 10.1. The molecule has 0 bridgehead atoms. The van der Waals surface area contributed by atoms with E-state index in [1.807, 2.05) is 18.2 Å². The van der Waals surface area contributed by atoms with Crippen LogP contribution >= 0.6 is 0 Å². The van der Waals surface area contributed by atoms with E-state index >= 15 is 0 Å². The Morgan fingerprint density at radius 1 is 1.08 bits per heavy atom. The molecule has 1 N–H and O–H groups in total. The fourth-order valence-corrected chi connectivity index (χ4v) is 2.58. The van der Waals surface area contributed by atoms with E-state index in [0.29, 0.717) is 30.1 Å². The van der Waals surface area contributed by atoms with Crippen LogP contribution in [0.1, 0.15) is 28.6 Å². The standard InChI is InChI=1S/C20H19N3O3/c1-15(24)22-18-8-6-17(7-9-18)20(25)23(14-19-5-3-11-26-19)13-16-4-2-10-21-12-16/h2-12H,13-14H2,1H3,(H,22,24). The summed E-state index contributed by atoms with van der Waals surface area (Å²) in [6, 6.07) is 14.2. The van der Waals surface area contributed by atoms with Crippen molar-refractivity contribution in [2.75, 3.05) is 5.32 Å². The zero-order valence-corrected chi connectivity index (χ0v) is 14.4. The van der Waals surface area contributed by atoms with Crippen LogP contribution < -0.4 is 5.32 Å². The monoisotopic (exact) mass is 349 g/mol. The second kappa shape index (κ2) is 8.11. The second-order valence-corrected chi connectivity index (χ2v) is 5.86. The van der Waals surface area contributed by atoms with E-state index in [1.54, 1.807) is 53.9 Å². The van der Waals surface area contributed by atoms with Crippen LogP contribution in [0.25, 0.3) is 0 Å². The third-order valence-electron chi connectivity index (χ3n) is 3.76. The van der Waals surface area contributed by atoms with Gasteiger partial charge in [0.2, 0.25) is 5.91 Å². The van der Waals surface area contributed by atoms with Crippen molar-refractivity contribution in [1.29, 1.82) is 0 Å². The van der Waals surface area contributed by atoms with Gasteiger partial charge in [-0.1, -0.05) is 6.07 Å². The lowest BCUT2D eigenvalue weighted by molar-refractivity contribution is -0.114. The first-order valence-electron chi connectivity index (χ1n) is 8.20. The van der Waals surface area contributed by atoms with Gasteiger partial charge in [0.25, 0.3) is 5.91 Å². The van der Waals surface area contributed by atoms with Crippen LogP contribution in [0.3, 0.4) is 0 Å². The Hall–Kier alpha value is -3.41. The number of carbonyl (C=O) groups is 2. The molecule has 0 aliphatic heterocycles. The first kappa shape index (κ1) is 17.4. The van der Waals surface area contributed by atoms with E-state index in [2.05, 4.69) is 10.3 Å². The number of benzene rings is 1. The molecule has 26 heavy (non-hydrogen) atoms. The van der Waals surface area contributed by atoms with Gasteiger partial charge in [-0.25, -0.2) is 0 Å². The molecule has 0 saturated carbocycles. The fourth-order valence-electron chi connectivity index (χ4n) is 2.58. The lowest BCUT2D eigenvalue weighted by Crippen LogP contribution is -2.30. The van der Waals surface area contributed by atoms with Crippen LogP contribution in [-0.2, 0) is 17.9 Å². The average molecular weight is 349 g/mol. The van der Waals surface area contributed by atoms with Crippen molar-refractivity contribution in [1.82, 2.24) is 9.88 Å². The minimum Gasteiger partial charge on any atom is -0.467 e. The van der Waals surface area contributed by atoms with E-state index in [4.69, 9.17) is 4.42 Å². The summed E-state index contributed by atoms with van der Waals surface area (Å²) >= 11 is 0. The number of furan rings is 1. The van der Waals surface area contributed by atoms with Gasteiger partial charge in [-0.15, -0.1) is 0 Å². The Kier molecular flexibility index (Phi) is 5.43. The third-order valence-corrected chi connectivity index (χ3v) is 3.76. The molecule has 0 spiro atoms. The molecule has 2 amide bonds. The average Bonchev–Trinajstić information content (AvgIpc) is 3.15. The smallest absolute Gasteiger partial charge is 0.254 e. The number of nitrogens with one attached hydrogen (secondary N) is 1. The maximum Gasteiger partial charge on any atom is 0.254 e. The van der Waals surface area contributed by atoms with Gasteiger partial charge in [0.1, 0.15) is 5.76 Å². The molecule has 0 fully saturated rings. The van der Waals surface area contributed by atoms with Crippen LogP contribution in [0, 0.1) is 0 Å². The summed E-state index contributed by atoms with van der Waals surface area (Å²) in [5.41, 5.74) is 2.12. The van der Waals surface area contributed by atoms with Gasteiger partial charge in [-0.2, -0.15) is 0 Å². The largest absolute Gasteiger partial charge is 0.467 e. The number of amides is 2. The zero-order chi connectivity index (χ0) is 18.4. The Bertz CT molecular complexity index is 859. The molecule has 0 aliphatic carbocycles. The molecule has 6 heteroatoms. The van der Waals surface area contributed by atoms with Crippen molar-refractivity contribution in [3.05, 3.63) is 84.1 Å². The summed E-state index contributed by atoms with van der Waals surface area (Å²) in [4.78, 5) is 29.9. The molecular formula is C20H19N3O3. The second-order valence-electron chi connectivity index (χ2n) is 5.86. The Morgan fingerprint density at radius 3 is 2.50 bits per heavy atom. The highest BCUT2D eigenvalue weighted by Gasteiger charge is 2.18. The van der Waals surface area contributed by atoms with Gasteiger partial charge in [-0.05, 0) is 48.0 Å². The highest BCUT2D eigenvalue weighted by molar-refractivity contribution is 5.95. The lowest BCUT2D eigenvalue weighted by Gasteiger charge is -2.22. The van der Waals surface area contributed by atoms with Gasteiger partial charge in [0.15, 0.2) is 0 Å². The van der Waals surface area contributed by atoms with Crippen molar-refractivity contribution >= 4 is 17.5 Å². The van der Waals surface area contributed by atoms with Crippen LogP contribution in [-0.4, -0.2) is 21.7 Å². The normalized spacial score (nSPS) is 10.3. The summed E-state index contributed by atoms with van der Waals surface area (Å²) in [7, 11) is 0. The SMILES string of the molecule is CC(=O)Nc1ccc(C(=O)N(Cc2cccnc2)Cc2ccco2)cc1. The molecule has 1 aromatic carbocycles. The van der Waals surface area contributed by atoms with E-state index in [0.717, 1.165) is 5.56 Å². The van der Waals surface area contributed by atoms with Gasteiger partial charge in [0, 0.05) is 37.1 Å². The number of nitrogens with zero attached hydrogens (tertiary/aromatic N) is 2. The number of carbonyl (C=O) groups excluding carboxylic acids is 2. The van der Waals surface area contributed by atoms with Crippen LogP contribution in [0.4, 0.5) is 5.69 Å². The molecule has 2 aromatic heterocycles. The van der Waals surface area contributed by atoms with Crippen LogP contribution in [0.2, 0.25) is 0 Å². The van der Waals surface area contributed by atoms with Gasteiger partial charge in [-0.3, -0.25) is 14.6 Å². The molecule has 0 unspecified atom stereocenters. The molecule has 0 radical (unpaired) electrons. The van der Waals surface area contributed by atoms with Crippen molar-refractivity contribution in [3.63, 3.8) is 0 Å². The number of anilines is 1. The highest BCUT2D eigenvalue weighted by atomic mass is 16.3. The Balaban J connectivity index is 1.80. The topological polar surface area (TPSA) is 75.4 Å². The molecular weight excluding hydrogens is 330 g/mol. The minimum absolute atomic E-state index is 0.125. The predicted molar refractivity (Wildman–Crippen MR) is 97.3 cm³/mol. The summed E-state index contributed by atoms with van der Waals surface area (Å²) in [6.45, 7) is 2.22. The zero-order valence-electron chi connectivity index (χ0n) is 14.4. The van der Waals surface area contributed by atoms with Gasteiger partial charge in [0.05, 0.1) is 12.8 Å². The number of hydrogen-bond donors (Lipinski definition) is 1. The van der Waals surface area contributed by atoms with E-state index in [1.165, 1.54) is 6.92 Å². The first-order valence-corrected chi connectivity index (χ1v) is 8.20. The number of pyridine rings is 1. The molecule has 132 valence electrons. The van der Waals surface area contributed by atoms with Crippen LogP contribution in [0.5, 0.6) is 0 Å². The van der Waals surface area contributed by atoms with Crippen molar-refractivity contribution in [2.24, 2.45) is 0 Å². The van der Waals surface area contributed by atoms with Gasteiger partial charge < -0.3 is 14.6 Å². The van der Waals surface area contributed by atoms with Crippen LogP contribution in [0.15, 0.2) is 71.6 Å². The molecule has 2 heterocycles. The fraction of sp³-hybridized carbons (Fsp3) is 0.150. The number of aromatic nitrogens is 1. The molecule has 3 rings (SSSR count). The summed E-state index contributed by atoms with van der Waals surface area (Å²) in [6.07, 6.45) is 5.02. The molecule has 0 saturated heterocycles.